The summed E-state index contributed by atoms with van der Waals surface area (Å²) in [5, 5.41) is 0. The maximum absolute atomic E-state index is 5.48. The SMILES string of the molecule is C=C/C=C/C1COC/C1=C/[Si](C)(C)C. The Morgan fingerprint density at radius 1 is 1.43 bits per heavy atom. The van der Waals surface area contributed by atoms with Crippen molar-refractivity contribution >= 4 is 8.07 Å². The molecule has 1 rings (SSSR count). The molecular formula is C12H20OSi. The van der Waals surface area contributed by atoms with Crippen LogP contribution in [0.1, 0.15) is 0 Å². The molecule has 0 aliphatic carbocycles. The van der Waals surface area contributed by atoms with Crippen molar-refractivity contribution in [1.29, 1.82) is 0 Å². The van der Waals surface area contributed by atoms with Crippen LogP contribution in [0.3, 0.4) is 0 Å². The summed E-state index contributed by atoms with van der Waals surface area (Å²) >= 11 is 0. The topological polar surface area (TPSA) is 9.23 Å². The molecule has 78 valence electrons. The molecule has 1 saturated heterocycles. The average molecular weight is 208 g/mol. The Bertz CT molecular complexity index is 258. The van der Waals surface area contributed by atoms with Gasteiger partial charge in [0, 0.05) is 5.92 Å². The minimum absolute atomic E-state index is 0.486. The number of hydrogen-bond acceptors (Lipinski definition) is 1. The van der Waals surface area contributed by atoms with Gasteiger partial charge in [0.15, 0.2) is 0 Å². The monoisotopic (exact) mass is 208 g/mol. The molecule has 1 aliphatic heterocycles. The van der Waals surface area contributed by atoms with Gasteiger partial charge in [-0.3, -0.25) is 0 Å². The first-order chi connectivity index (χ1) is 6.53. The van der Waals surface area contributed by atoms with Crippen LogP contribution >= 0.6 is 0 Å². The van der Waals surface area contributed by atoms with Crippen LogP contribution in [0.4, 0.5) is 0 Å². The number of ether oxygens (including phenoxy) is 1. The van der Waals surface area contributed by atoms with Crippen LogP contribution in [0.15, 0.2) is 36.1 Å². The molecule has 1 aliphatic rings. The molecule has 0 aromatic heterocycles. The fourth-order valence-corrected chi connectivity index (χ4v) is 3.02. The first-order valence-corrected chi connectivity index (χ1v) is 8.69. The van der Waals surface area contributed by atoms with Gasteiger partial charge in [-0.1, -0.05) is 50.1 Å². The second-order valence-corrected chi connectivity index (χ2v) is 9.85. The highest BCUT2D eigenvalue weighted by molar-refractivity contribution is 6.81. The second kappa shape index (κ2) is 4.76. The van der Waals surface area contributed by atoms with Gasteiger partial charge in [-0.05, 0) is 5.57 Å². The van der Waals surface area contributed by atoms with Gasteiger partial charge in [-0.25, -0.2) is 0 Å². The molecule has 0 bridgehead atoms. The first kappa shape index (κ1) is 11.5. The molecular weight excluding hydrogens is 188 g/mol. The zero-order chi connectivity index (χ0) is 10.6. The van der Waals surface area contributed by atoms with Crippen LogP contribution < -0.4 is 0 Å². The normalized spacial score (nSPS) is 26.2. The summed E-state index contributed by atoms with van der Waals surface area (Å²) in [7, 11) is -1.11. The van der Waals surface area contributed by atoms with Crippen molar-refractivity contribution in [3.8, 4) is 0 Å². The van der Waals surface area contributed by atoms with E-state index in [0.717, 1.165) is 13.2 Å². The van der Waals surface area contributed by atoms with Gasteiger partial charge in [0.25, 0.3) is 0 Å². The summed E-state index contributed by atoms with van der Waals surface area (Å²) in [5.41, 5.74) is 3.92. The van der Waals surface area contributed by atoms with Crippen molar-refractivity contribution in [2.45, 2.75) is 19.6 Å². The van der Waals surface area contributed by atoms with Crippen molar-refractivity contribution in [1.82, 2.24) is 0 Å². The third-order valence-electron chi connectivity index (χ3n) is 2.14. The summed E-state index contributed by atoms with van der Waals surface area (Å²) in [6.45, 7) is 12.4. The molecule has 1 heterocycles. The van der Waals surface area contributed by atoms with E-state index in [1.165, 1.54) is 5.57 Å². The predicted molar refractivity (Wildman–Crippen MR) is 65.1 cm³/mol. The Morgan fingerprint density at radius 3 is 2.71 bits per heavy atom. The van der Waals surface area contributed by atoms with Gasteiger partial charge in [0.05, 0.1) is 21.3 Å². The van der Waals surface area contributed by atoms with E-state index >= 15 is 0 Å². The molecule has 1 atom stereocenters. The lowest BCUT2D eigenvalue weighted by Crippen LogP contribution is -2.18. The third-order valence-corrected chi connectivity index (χ3v) is 3.38. The smallest absolute Gasteiger partial charge is 0.0687 e. The summed E-state index contributed by atoms with van der Waals surface area (Å²) in [6, 6.07) is 0. The Morgan fingerprint density at radius 2 is 2.14 bits per heavy atom. The van der Waals surface area contributed by atoms with Gasteiger partial charge in [0.1, 0.15) is 0 Å². The summed E-state index contributed by atoms with van der Waals surface area (Å²) in [6.07, 6.45) is 6.02. The van der Waals surface area contributed by atoms with Gasteiger partial charge in [-0.15, -0.1) is 0 Å². The highest BCUT2D eigenvalue weighted by Gasteiger charge is 2.21. The molecule has 0 saturated carbocycles. The maximum atomic E-state index is 5.48. The Kier molecular flexibility index (Phi) is 3.90. The van der Waals surface area contributed by atoms with Crippen LogP contribution in [0.25, 0.3) is 0 Å². The van der Waals surface area contributed by atoms with E-state index in [0.29, 0.717) is 5.92 Å². The standard InChI is InChI=1S/C12H20OSi/c1-5-6-7-11-8-13-9-12(11)10-14(2,3)4/h5-7,10-11H,1,8-9H2,2-4H3/b7-6+,12-10-. The van der Waals surface area contributed by atoms with Crippen molar-refractivity contribution in [2.24, 2.45) is 5.92 Å². The Hall–Kier alpha value is -0.603. The number of allylic oxidation sites excluding steroid dienone is 2. The van der Waals surface area contributed by atoms with Crippen molar-refractivity contribution in [3.05, 3.63) is 36.1 Å². The number of rotatable bonds is 3. The second-order valence-electron chi connectivity index (χ2n) is 4.83. The van der Waals surface area contributed by atoms with Crippen molar-refractivity contribution < 1.29 is 4.74 Å². The highest BCUT2D eigenvalue weighted by atomic mass is 28.3. The fraction of sp³-hybridized carbons (Fsp3) is 0.500. The highest BCUT2D eigenvalue weighted by Crippen LogP contribution is 2.23. The molecule has 0 aromatic carbocycles. The van der Waals surface area contributed by atoms with Crippen LogP contribution in [-0.2, 0) is 4.74 Å². The van der Waals surface area contributed by atoms with Gasteiger partial charge < -0.3 is 4.74 Å². The molecule has 0 N–H and O–H groups in total. The van der Waals surface area contributed by atoms with E-state index in [-0.39, 0.29) is 0 Å². The molecule has 1 nitrogen and oxygen atoms in total. The van der Waals surface area contributed by atoms with E-state index in [2.05, 4.69) is 38.0 Å². The minimum Gasteiger partial charge on any atom is -0.376 e. The van der Waals surface area contributed by atoms with Gasteiger partial charge in [0.2, 0.25) is 0 Å². The van der Waals surface area contributed by atoms with E-state index in [1.54, 1.807) is 0 Å². The zero-order valence-electron chi connectivity index (χ0n) is 9.42. The van der Waals surface area contributed by atoms with Gasteiger partial charge >= 0.3 is 0 Å². The predicted octanol–water partition coefficient (Wildman–Crippen LogP) is 3.18. The van der Waals surface area contributed by atoms with E-state index in [1.807, 2.05) is 12.2 Å². The Balaban J connectivity index is 2.73. The van der Waals surface area contributed by atoms with Crippen molar-refractivity contribution in [2.75, 3.05) is 13.2 Å². The summed E-state index contributed by atoms with van der Waals surface area (Å²) in [4.78, 5) is 0. The zero-order valence-corrected chi connectivity index (χ0v) is 10.4. The van der Waals surface area contributed by atoms with Crippen LogP contribution in [0.2, 0.25) is 19.6 Å². The largest absolute Gasteiger partial charge is 0.376 e. The first-order valence-electron chi connectivity index (χ1n) is 5.11. The maximum Gasteiger partial charge on any atom is 0.0687 e. The molecule has 2 heteroatoms. The van der Waals surface area contributed by atoms with E-state index < -0.39 is 8.07 Å². The molecule has 1 unspecified atom stereocenters. The van der Waals surface area contributed by atoms with E-state index in [4.69, 9.17) is 4.74 Å². The summed E-state index contributed by atoms with van der Waals surface area (Å²) < 4.78 is 5.48. The minimum atomic E-state index is -1.11. The molecule has 0 radical (unpaired) electrons. The van der Waals surface area contributed by atoms with Crippen LogP contribution in [0.5, 0.6) is 0 Å². The van der Waals surface area contributed by atoms with Gasteiger partial charge in [-0.2, -0.15) is 0 Å². The van der Waals surface area contributed by atoms with Crippen LogP contribution in [0, 0.1) is 5.92 Å². The lowest BCUT2D eigenvalue weighted by molar-refractivity contribution is 0.195. The lowest BCUT2D eigenvalue weighted by atomic mass is 10.0. The summed E-state index contributed by atoms with van der Waals surface area (Å²) in [5.74, 6) is 0.486. The van der Waals surface area contributed by atoms with E-state index in [9.17, 15) is 0 Å². The Labute approximate surface area is 88.2 Å². The van der Waals surface area contributed by atoms with Crippen molar-refractivity contribution in [3.63, 3.8) is 0 Å². The average Bonchev–Trinajstić information content (AvgIpc) is 2.45. The number of hydrogen-bond donors (Lipinski definition) is 0. The molecule has 1 fully saturated rings. The molecule has 0 spiro atoms. The lowest BCUT2D eigenvalue weighted by Gasteiger charge is -2.13. The van der Waals surface area contributed by atoms with Crippen LogP contribution in [-0.4, -0.2) is 21.3 Å². The molecule has 0 aromatic rings. The third kappa shape index (κ3) is 3.64. The molecule has 0 amide bonds. The fourth-order valence-electron chi connectivity index (χ4n) is 1.61. The quantitative estimate of drug-likeness (QED) is 0.511. The molecule has 14 heavy (non-hydrogen) atoms.